The Hall–Kier alpha value is -1.71. The Balaban J connectivity index is 2.23. The molecule has 0 amide bonds. The third kappa shape index (κ3) is 1.42. The minimum atomic E-state index is -0.360. The van der Waals surface area contributed by atoms with Gasteiger partial charge in [0.15, 0.2) is 0 Å². The molecular formula is C9H10N2O2. The SMILES string of the molecule is CC1=NNC(c2ccccc2O)O1. The molecule has 2 rings (SSSR count). The molecule has 0 aromatic heterocycles. The number of benzene rings is 1. The van der Waals surface area contributed by atoms with Gasteiger partial charge in [-0.2, -0.15) is 0 Å². The molecule has 4 heteroatoms. The number of para-hydroxylation sites is 1. The summed E-state index contributed by atoms with van der Waals surface area (Å²) in [6.45, 7) is 1.76. The second kappa shape index (κ2) is 2.97. The van der Waals surface area contributed by atoms with E-state index in [1.165, 1.54) is 0 Å². The van der Waals surface area contributed by atoms with Gasteiger partial charge in [0.25, 0.3) is 0 Å². The predicted octanol–water partition coefficient (Wildman–Crippen LogP) is 1.34. The van der Waals surface area contributed by atoms with E-state index in [0.717, 1.165) is 0 Å². The Morgan fingerprint density at radius 3 is 2.85 bits per heavy atom. The van der Waals surface area contributed by atoms with Crippen LogP contribution < -0.4 is 5.43 Å². The standard InChI is InChI=1S/C9H10N2O2/c1-6-10-11-9(13-6)7-4-2-3-5-8(7)12/h2-5,9,11-12H,1H3. The summed E-state index contributed by atoms with van der Waals surface area (Å²) in [7, 11) is 0. The number of rotatable bonds is 1. The van der Waals surface area contributed by atoms with Crippen LogP contribution >= 0.6 is 0 Å². The highest BCUT2D eigenvalue weighted by Gasteiger charge is 2.20. The Morgan fingerprint density at radius 2 is 2.23 bits per heavy atom. The highest BCUT2D eigenvalue weighted by atomic mass is 16.5. The van der Waals surface area contributed by atoms with Gasteiger partial charge < -0.3 is 9.84 Å². The average molecular weight is 178 g/mol. The van der Waals surface area contributed by atoms with Crippen LogP contribution in [0.4, 0.5) is 0 Å². The van der Waals surface area contributed by atoms with Gasteiger partial charge in [-0.1, -0.05) is 12.1 Å². The number of nitrogens with zero attached hydrogens (tertiary/aromatic N) is 1. The Morgan fingerprint density at radius 1 is 1.46 bits per heavy atom. The summed E-state index contributed by atoms with van der Waals surface area (Å²) in [5, 5.41) is 13.4. The van der Waals surface area contributed by atoms with Crippen LogP contribution in [0.2, 0.25) is 0 Å². The van der Waals surface area contributed by atoms with Crippen molar-refractivity contribution in [2.45, 2.75) is 13.2 Å². The summed E-state index contributed by atoms with van der Waals surface area (Å²) in [6, 6.07) is 7.02. The molecule has 1 aliphatic heterocycles. The van der Waals surface area contributed by atoms with Crippen LogP contribution in [-0.2, 0) is 4.74 Å². The summed E-state index contributed by atoms with van der Waals surface area (Å²) in [5.41, 5.74) is 3.47. The van der Waals surface area contributed by atoms with Crippen molar-refractivity contribution in [3.8, 4) is 5.75 Å². The minimum Gasteiger partial charge on any atom is -0.507 e. The van der Waals surface area contributed by atoms with E-state index in [1.54, 1.807) is 25.1 Å². The highest BCUT2D eigenvalue weighted by molar-refractivity contribution is 5.74. The monoisotopic (exact) mass is 178 g/mol. The second-order valence-corrected chi connectivity index (χ2v) is 2.82. The topological polar surface area (TPSA) is 53.9 Å². The van der Waals surface area contributed by atoms with Crippen LogP contribution in [0, 0.1) is 0 Å². The zero-order chi connectivity index (χ0) is 9.26. The lowest BCUT2D eigenvalue weighted by atomic mass is 10.2. The van der Waals surface area contributed by atoms with Crippen LogP contribution in [0.15, 0.2) is 29.4 Å². The molecule has 1 aliphatic rings. The van der Waals surface area contributed by atoms with Gasteiger partial charge in [0.1, 0.15) is 5.75 Å². The fourth-order valence-corrected chi connectivity index (χ4v) is 1.22. The maximum absolute atomic E-state index is 9.49. The van der Waals surface area contributed by atoms with E-state index in [-0.39, 0.29) is 12.0 Å². The zero-order valence-corrected chi connectivity index (χ0v) is 7.19. The number of hydrogen-bond acceptors (Lipinski definition) is 4. The Labute approximate surface area is 75.8 Å². The number of hydrazone groups is 1. The molecule has 1 heterocycles. The molecule has 0 radical (unpaired) electrons. The second-order valence-electron chi connectivity index (χ2n) is 2.82. The Bertz CT molecular complexity index is 349. The van der Waals surface area contributed by atoms with Crippen LogP contribution in [0.3, 0.4) is 0 Å². The van der Waals surface area contributed by atoms with E-state index in [2.05, 4.69) is 10.5 Å². The highest BCUT2D eigenvalue weighted by Crippen LogP contribution is 2.26. The molecule has 1 aromatic rings. The minimum absolute atomic E-state index is 0.213. The number of nitrogens with one attached hydrogen (secondary N) is 1. The first-order valence-electron chi connectivity index (χ1n) is 4.02. The number of phenols is 1. The fourth-order valence-electron chi connectivity index (χ4n) is 1.22. The van der Waals surface area contributed by atoms with Crippen molar-refractivity contribution in [3.63, 3.8) is 0 Å². The normalized spacial score (nSPS) is 20.4. The molecule has 68 valence electrons. The summed E-state index contributed by atoms with van der Waals surface area (Å²) >= 11 is 0. The van der Waals surface area contributed by atoms with Gasteiger partial charge in [-0.25, -0.2) is 0 Å². The molecule has 1 unspecified atom stereocenters. The van der Waals surface area contributed by atoms with E-state index in [1.807, 2.05) is 6.07 Å². The molecule has 1 aromatic carbocycles. The van der Waals surface area contributed by atoms with E-state index in [0.29, 0.717) is 11.5 Å². The summed E-state index contributed by atoms with van der Waals surface area (Å²) in [4.78, 5) is 0. The van der Waals surface area contributed by atoms with Crippen LogP contribution in [0.25, 0.3) is 0 Å². The van der Waals surface area contributed by atoms with Gasteiger partial charge in [0.2, 0.25) is 12.1 Å². The lowest BCUT2D eigenvalue weighted by molar-refractivity contribution is 0.185. The maximum atomic E-state index is 9.49. The molecule has 1 atom stereocenters. The molecule has 0 aliphatic carbocycles. The van der Waals surface area contributed by atoms with Crippen LogP contribution in [0.5, 0.6) is 5.75 Å². The molecule has 0 fully saturated rings. The lowest BCUT2D eigenvalue weighted by Crippen LogP contribution is -2.11. The van der Waals surface area contributed by atoms with Crippen molar-refractivity contribution < 1.29 is 9.84 Å². The molecule has 0 bridgehead atoms. The summed E-state index contributed by atoms with van der Waals surface area (Å²) in [6.07, 6.45) is -0.360. The largest absolute Gasteiger partial charge is 0.507 e. The van der Waals surface area contributed by atoms with Gasteiger partial charge >= 0.3 is 0 Å². The van der Waals surface area contributed by atoms with Gasteiger partial charge in [-0.3, -0.25) is 5.43 Å². The molecule has 0 spiro atoms. The van der Waals surface area contributed by atoms with Gasteiger partial charge in [0, 0.05) is 6.92 Å². The molecular weight excluding hydrogens is 168 g/mol. The lowest BCUT2D eigenvalue weighted by Gasteiger charge is -2.11. The number of hydrogen-bond donors (Lipinski definition) is 2. The zero-order valence-electron chi connectivity index (χ0n) is 7.19. The predicted molar refractivity (Wildman–Crippen MR) is 48.2 cm³/mol. The van der Waals surface area contributed by atoms with Crippen molar-refractivity contribution in [2.75, 3.05) is 0 Å². The van der Waals surface area contributed by atoms with Gasteiger partial charge in [-0.15, -0.1) is 5.10 Å². The first kappa shape index (κ1) is 7.91. The quantitative estimate of drug-likeness (QED) is 0.682. The molecule has 13 heavy (non-hydrogen) atoms. The van der Waals surface area contributed by atoms with Crippen molar-refractivity contribution in [1.29, 1.82) is 0 Å². The summed E-state index contributed by atoms with van der Waals surface area (Å²) in [5.74, 6) is 0.790. The maximum Gasteiger partial charge on any atom is 0.215 e. The summed E-state index contributed by atoms with van der Waals surface area (Å²) < 4.78 is 5.31. The van der Waals surface area contributed by atoms with Gasteiger partial charge in [0.05, 0.1) is 5.56 Å². The van der Waals surface area contributed by atoms with Crippen LogP contribution in [-0.4, -0.2) is 11.0 Å². The fraction of sp³-hybridized carbons (Fsp3) is 0.222. The molecule has 0 saturated heterocycles. The molecule has 2 N–H and O–H groups in total. The first-order valence-corrected chi connectivity index (χ1v) is 4.02. The van der Waals surface area contributed by atoms with Gasteiger partial charge in [-0.05, 0) is 12.1 Å². The van der Waals surface area contributed by atoms with E-state index in [4.69, 9.17) is 4.74 Å². The smallest absolute Gasteiger partial charge is 0.215 e. The van der Waals surface area contributed by atoms with E-state index in [9.17, 15) is 5.11 Å². The number of phenolic OH excluding ortho intramolecular Hbond substituents is 1. The third-order valence-corrected chi connectivity index (χ3v) is 1.85. The Kier molecular flexibility index (Phi) is 1.81. The first-order chi connectivity index (χ1) is 6.27. The number of ether oxygens (including phenoxy) is 1. The van der Waals surface area contributed by atoms with Crippen molar-refractivity contribution in [2.24, 2.45) is 5.10 Å². The average Bonchev–Trinajstić information content (AvgIpc) is 2.53. The third-order valence-electron chi connectivity index (χ3n) is 1.85. The molecule has 4 nitrogen and oxygen atoms in total. The van der Waals surface area contributed by atoms with Crippen molar-refractivity contribution in [1.82, 2.24) is 5.43 Å². The van der Waals surface area contributed by atoms with Crippen molar-refractivity contribution >= 4 is 5.90 Å². The van der Waals surface area contributed by atoms with E-state index >= 15 is 0 Å². The molecule has 0 saturated carbocycles. The van der Waals surface area contributed by atoms with Crippen LogP contribution in [0.1, 0.15) is 18.7 Å². The number of aromatic hydroxyl groups is 1. The van der Waals surface area contributed by atoms with Crippen molar-refractivity contribution in [3.05, 3.63) is 29.8 Å². The van der Waals surface area contributed by atoms with E-state index < -0.39 is 0 Å².